The van der Waals surface area contributed by atoms with Gasteiger partial charge in [-0.3, -0.25) is 9.88 Å². The number of benzene rings is 1. The summed E-state index contributed by atoms with van der Waals surface area (Å²) in [7, 11) is 0. The summed E-state index contributed by atoms with van der Waals surface area (Å²) in [6.07, 6.45) is 7.69. The standard InChI is InChI=1S/C24H27N7.3C2H6/c1-18-27-22-7-5-4-6-21(22)23(28-18)29-12-14-30(15-13-29)24(2,3)19-16-26-31(17-19)20-8-10-25-11-9-20;3*1-2/h4-11,16-17H,12-15H2,1-3H3;3*1-2H3. The molecule has 1 aliphatic rings. The van der Waals surface area contributed by atoms with Crippen LogP contribution in [0.4, 0.5) is 5.82 Å². The third-order valence-electron chi connectivity index (χ3n) is 6.28. The fourth-order valence-electron chi connectivity index (χ4n) is 4.35. The molecule has 0 unspecified atom stereocenters. The Balaban J connectivity index is 0.000000750. The van der Waals surface area contributed by atoms with E-state index in [2.05, 4.69) is 63.1 Å². The minimum absolute atomic E-state index is 0.110. The summed E-state index contributed by atoms with van der Waals surface area (Å²) in [6, 6.07) is 12.2. The molecular formula is C30H45N7. The van der Waals surface area contributed by atoms with Crippen LogP contribution in [0.5, 0.6) is 0 Å². The molecule has 200 valence electrons. The van der Waals surface area contributed by atoms with Crippen molar-refractivity contribution in [1.29, 1.82) is 0 Å². The largest absolute Gasteiger partial charge is 0.353 e. The Labute approximate surface area is 223 Å². The Hall–Kier alpha value is -3.32. The highest BCUT2D eigenvalue weighted by Crippen LogP contribution is 2.31. The SMILES string of the molecule is CC.CC.CC.Cc1nc(N2CCN(C(C)(C)c3cnn(-c4ccncc4)c3)CC2)c2ccccc2n1. The van der Waals surface area contributed by atoms with Gasteiger partial charge < -0.3 is 4.90 Å². The maximum Gasteiger partial charge on any atom is 0.140 e. The molecule has 0 atom stereocenters. The molecule has 0 aliphatic carbocycles. The van der Waals surface area contributed by atoms with Crippen molar-refractivity contribution in [3.8, 4) is 5.69 Å². The minimum Gasteiger partial charge on any atom is -0.353 e. The lowest BCUT2D eigenvalue weighted by Crippen LogP contribution is -2.53. The van der Waals surface area contributed by atoms with Crippen LogP contribution in [0.1, 0.15) is 66.8 Å². The highest BCUT2D eigenvalue weighted by Gasteiger charge is 2.33. The van der Waals surface area contributed by atoms with Crippen LogP contribution in [0.2, 0.25) is 0 Å². The normalized spacial score (nSPS) is 13.5. The lowest BCUT2D eigenvalue weighted by molar-refractivity contribution is 0.111. The van der Waals surface area contributed by atoms with Gasteiger partial charge in [-0.1, -0.05) is 53.7 Å². The number of para-hydroxylation sites is 1. The summed E-state index contributed by atoms with van der Waals surface area (Å²) in [5.41, 5.74) is 3.13. The predicted molar refractivity (Wildman–Crippen MR) is 156 cm³/mol. The molecule has 1 saturated heterocycles. The number of hydrogen-bond acceptors (Lipinski definition) is 6. The van der Waals surface area contributed by atoms with E-state index < -0.39 is 0 Å². The Morgan fingerprint density at radius 1 is 0.784 bits per heavy atom. The monoisotopic (exact) mass is 503 g/mol. The first-order valence-electron chi connectivity index (χ1n) is 13.7. The lowest BCUT2D eigenvalue weighted by atomic mass is 9.94. The van der Waals surface area contributed by atoms with Crippen molar-refractivity contribution in [1.82, 2.24) is 29.6 Å². The second-order valence-electron chi connectivity index (χ2n) is 8.52. The molecule has 4 aromatic rings. The van der Waals surface area contributed by atoms with E-state index in [0.717, 1.165) is 54.4 Å². The van der Waals surface area contributed by atoms with E-state index in [0.29, 0.717) is 0 Å². The van der Waals surface area contributed by atoms with Crippen LogP contribution >= 0.6 is 0 Å². The summed E-state index contributed by atoms with van der Waals surface area (Å²) >= 11 is 0. The molecule has 0 radical (unpaired) electrons. The van der Waals surface area contributed by atoms with Crippen molar-refractivity contribution >= 4 is 16.7 Å². The molecule has 1 fully saturated rings. The summed E-state index contributed by atoms with van der Waals surface area (Å²) in [5, 5.41) is 5.71. The molecule has 0 amide bonds. The zero-order chi connectivity index (χ0) is 27.4. The van der Waals surface area contributed by atoms with Crippen LogP contribution in [-0.2, 0) is 5.54 Å². The molecule has 0 spiro atoms. The van der Waals surface area contributed by atoms with Crippen LogP contribution in [0, 0.1) is 6.92 Å². The molecule has 1 aliphatic heterocycles. The third-order valence-corrected chi connectivity index (χ3v) is 6.28. The zero-order valence-corrected chi connectivity index (χ0v) is 24.2. The second-order valence-corrected chi connectivity index (χ2v) is 8.52. The van der Waals surface area contributed by atoms with Crippen molar-refractivity contribution in [3.05, 3.63) is 72.6 Å². The lowest BCUT2D eigenvalue weighted by Gasteiger charge is -2.44. The molecule has 4 heterocycles. The van der Waals surface area contributed by atoms with Crippen molar-refractivity contribution in [2.75, 3.05) is 31.1 Å². The molecule has 0 bridgehead atoms. The van der Waals surface area contributed by atoms with Gasteiger partial charge in [0.05, 0.1) is 17.4 Å². The Morgan fingerprint density at radius 2 is 1.41 bits per heavy atom. The molecule has 0 saturated carbocycles. The van der Waals surface area contributed by atoms with Crippen LogP contribution in [-0.4, -0.2) is 55.8 Å². The van der Waals surface area contributed by atoms with Crippen LogP contribution in [0.25, 0.3) is 16.6 Å². The summed E-state index contributed by atoms with van der Waals surface area (Å²) < 4.78 is 1.92. The predicted octanol–water partition coefficient (Wildman–Crippen LogP) is 6.65. The Bertz CT molecular complexity index is 1190. The average molecular weight is 504 g/mol. The summed E-state index contributed by atoms with van der Waals surface area (Å²) in [4.78, 5) is 18.4. The number of hydrogen-bond donors (Lipinski definition) is 0. The zero-order valence-electron chi connectivity index (χ0n) is 24.2. The van der Waals surface area contributed by atoms with Gasteiger partial charge >= 0.3 is 0 Å². The fraction of sp³-hybridized carbons (Fsp3) is 0.467. The average Bonchev–Trinajstić information content (AvgIpc) is 3.48. The topological polar surface area (TPSA) is 63.0 Å². The van der Waals surface area contributed by atoms with Gasteiger partial charge in [-0.15, -0.1) is 0 Å². The van der Waals surface area contributed by atoms with E-state index in [1.165, 1.54) is 5.56 Å². The van der Waals surface area contributed by atoms with Crippen LogP contribution < -0.4 is 4.90 Å². The number of rotatable bonds is 4. The molecular weight excluding hydrogens is 458 g/mol. The number of pyridine rings is 1. The molecule has 3 aromatic heterocycles. The van der Waals surface area contributed by atoms with Gasteiger partial charge in [-0.05, 0) is 45.0 Å². The molecule has 1 aromatic carbocycles. The van der Waals surface area contributed by atoms with E-state index in [1.54, 1.807) is 12.4 Å². The van der Waals surface area contributed by atoms with E-state index >= 15 is 0 Å². The van der Waals surface area contributed by atoms with Crippen LogP contribution in [0.15, 0.2) is 61.2 Å². The first kappa shape index (κ1) is 29.9. The molecule has 7 nitrogen and oxygen atoms in total. The number of nitrogens with zero attached hydrogens (tertiary/aromatic N) is 7. The van der Waals surface area contributed by atoms with E-state index in [4.69, 9.17) is 4.98 Å². The molecule has 37 heavy (non-hydrogen) atoms. The van der Waals surface area contributed by atoms with Crippen molar-refractivity contribution in [2.45, 2.75) is 67.9 Å². The highest BCUT2D eigenvalue weighted by atomic mass is 15.3. The van der Waals surface area contributed by atoms with Crippen molar-refractivity contribution < 1.29 is 0 Å². The number of piperazine rings is 1. The second kappa shape index (κ2) is 14.4. The molecule has 5 rings (SSSR count). The van der Waals surface area contributed by atoms with Gasteiger partial charge in [0.1, 0.15) is 11.6 Å². The van der Waals surface area contributed by atoms with Gasteiger partial charge in [-0.2, -0.15) is 5.10 Å². The van der Waals surface area contributed by atoms with Gasteiger partial charge in [-0.25, -0.2) is 14.6 Å². The fourth-order valence-corrected chi connectivity index (χ4v) is 4.35. The summed E-state index contributed by atoms with van der Waals surface area (Å²) in [6.45, 7) is 22.3. The minimum atomic E-state index is -0.110. The van der Waals surface area contributed by atoms with Crippen molar-refractivity contribution in [2.24, 2.45) is 0 Å². The van der Waals surface area contributed by atoms with Crippen molar-refractivity contribution in [3.63, 3.8) is 0 Å². The van der Waals surface area contributed by atoms with E-state index in [-0.39, 0.29) is 5.54 Å². The Morgan fingerprint density at radius 3 is 2.05 bits per heavy atom. The molecule has 0 N–H and O–H groups in total. The number of fused-ring (bicyclic) bond motifs is 1. The molecule has 7 heteroatoms. The number of aromatic nitrogens is 5. The number of aryl methyl sites for hydroxylation is 1. The first-order valence-corrected chi connectivity index (χ1v) is 13.7. The van der Waals surface area contributed by atoms with Gasteiger partial charge in [0, 0.05) is 61.3 Å². The quantitative estimate of drug-likeness (QED) is 0.310. The number of anilines is 1. The summed E-state index contributed by atoms with van der Waals surface area (Å²) in [5.74, 6) is 1.87. The van der Waals surface area contributed by atoms with Gasteiger partial charge in [0.15, 0.2) is 0 Å². The van der Waals surface area contributed by atoms with E-state index in [1.807, 2.05) is 77.5 Å². The van der Waals surface area contributed by atoms with Gasteiger partial charge in [0.2, 0.25) is 0 Å². The first-order chi connectivity index (χ1) is 18.0. The van der Waals surface area contributed by atoms with E-state index in [9.17, 15) is 0 Å². The van der Waals surface area contributed by atoms with Gasteiger partial charge in [0.25, 0.3) is 0 Å². The van der Waals surface area contributed by atoms with Crippen LogP contribution in [0.3, 0.4) is 0 Å². The maximum atomic E-state index is 4.79. The Kier molecular flexibility index (Phi) is 11.7. The maximum absolute atomic E-state index is 4.79. The smallest absolute Gasteiger partial charge is 0.140 e. The third kappa shape index (κ3) is 6.92. The highest BCUT2D eigenvalue weighted by molar-refractivity contribution is 5.89.